The first kappa shape index (κ1) is 14.5. The molecular formula is C10H17ClN2O3S. The van der Waals surface area contributed by atoms with Crippen LogP contribution in [0.5, 0.6) is 0 Å². The van der Waals surface area contributed by atoms with Crippen LogP contribution in [-0.4, -0.2) is 31.7 Å². The van der Waals surface area contributed by atoms with Crippen LogP contribution in [0.3, 0.4) is 0 Å². The molecule has 0 amide bonds. The van der Waals surface area contributed by atoms with E-state index in [2.05, 4.69) is 4.98 Å². The molecular weight excluding hydrogens is 264 g/mol. The zero-order valence-corrected chi connectivity index (χ0v) is 11.6. The summed E-state index contributed by atoms with van der Waals surface area (Å²) in [6.45, 7) is 3.36. The van der Waals surface area contributed by atoms with Crippen molar-refractivity contribution >= 4 is 19.7 Å². The summed E-state index contributed by atoms with van der Waals surface area (Å²) in [5.41, 5.74) is 0. The van der Waals surface area contributed by atoms with Crippen LogP contribution in [0.15, 0.2) is 11.2 Å². The third-order valence-electron chi connectivity index (χ3n) is 2.40. The van der Waals surface area contributed by atoms with E-state index in [0.29, 0.717) is 13.0 Å². The molecule has 1 aromatic rings. The summed E-state index contributed by atoms with van der Waals surface area (Å²) in [6.07, 6.45) is 4.02. The average molecular weight is 281 g/mol. The lowest BCUT2D eigenvalue weighted by Gasteiger charge is -2.05. The topological polar surface area (TPSA) is 61.2 Å². The number of imidazole rings is 1. The third kappa shape index (κ3) is 4.29. The quantitative estimate of drug-likeness (QED) is 0.564. The van der Waals surface area contributed by atoms with Gasteiger partial charge in [-0.05, 0) is 12.8 Å². The second-order valence-corrected chi connectivity index (χ2v) is 6.19. The summed E-state index contributed by atoms with van der Waals surface area (Å²) in [5.74, 6) is 0.738. The number of hydrogen-bond donors (Lipinski definition) is 0. The summed E-state index contributed by atoms with van der Waals surface area (Å²) in [4.78, 5) is 4.01. The first-order valence-corrected chi connectivity index (χ1v) is 7.79. The molecule has 0 fully saturated rings. The van der Waals surface area contributed by atoms with Gasteiger partial charge in [0.1, 0.15) is 5.82 Å². The lowest BCUT2D eigenvalue weighted by molar-refractivity contribution is 0.191. The van der Waals surface area contributed by atoms with Crippen molar-refractivity contribution in [2.24, 2.45) is 0 Å². The lowest BCUT2D eigenvalue weighted by atomic mass is 10.3. The van der Waals surface area contributed by atoms with Gasteiger partial charge in [0, 0.05) is 43.6 Å². The van der Waals surface area contributed by atoms with Crippen molar-refractivity contribution < 1.29 is 13.2 Å². The Morgan fingerprint density at radius 1 is 1.47 bits per heavy atom. The van der Waals surface area contributed by atoms with Gasteiger partial charge in [-0.2, -0.15) is 0 Å². The van der Waals surface area contributed by atoms with Gasteiger partial charge in [-0.25, -0.2) is 13.4 Å². The van der Waals surface area contributed by atoms with E-state index in [1.165, 1.54) is 6.20 Å². The molecule has 98 valence electrons. The number of nitrogens with zero attached hydrogens (tertiary/aromatic N) is 2. The number of halogens is 1. The molecule has 5 nitrogen and oxygen atoms in total. The SMILES string of the molecule is CCc1nc(S(=O)(=O)Cl)cn1CCCCOC. The van der Waals surface area contributed by atoms with Gasteiger partial charge in [-0.1, -0.05) is 6.92 Å². The Hall–Kier alpha value is -0.590. The van der Waals surface area contributed by atoms with E-state index >= 15 is 0 Å². The monoisotopic (exact) mass is 280 g/mol. The fourth-order valence-electron chi connectivity index (χ4n) is 1.55. The van der Waals surface area contributed by atoms with Crippen LogP contribution in [-0.2, 0) is 26.8 Å². The van der Waals surface area contributed by atoms with Gasteiger partial charge >= 0.3 is 0 Å². The molecule has 0 N–H and O–H groups in total. The predicted molar refractivity (Wildman–Crippen MR) is 65.8 cm³/mol. The molecule has 7 heteroatoms. The van der Waals surface area contributed by atoms with Gasteiger partial charge in [0.05, 0.1) is 0 Å². The average Bonchev–Trinajstić information content (AvgIpc) is 2.67. The molecule has 1 heterocycles. The summed E-state index contributed by atoms with van der Waals surface area (Å²) >= 11 is 0. The molecule has 0 aliphatic carbocycles. The molecule has 0 atom stereocenters. The zero-order chi connectivity index (χ0) is 12.9. The van der Waals surface area contributed by atoms with E-state index in [9.17, 15) is 8.42 Å². The normalized spacial score (nSPS) is 11.9. The first-order chi connectivity index (χ1) is 7.99. The Morgan fingerprint density at radius 3 is 2.71 bits per heavy atom. The third-order valence-corrected chi connectivity index (χ3v) is 3.57. The van der Waals surface area contributed by atoms with E-state index in [0.717, 1.165) is 25.2 Å². The molecule has 0 radical (unpaired) electrons. The first-order valence-electron chi connectivity index (χ1n) is 5.48. The van der Waals surface area contributed by atoms with Crippen LogP contribution in [0.4, 0.5) is 0 Å². The van der Waals surface area contributed by atoms with Gasteiger partial charge in [-0.3, -0.25) is 0 Å². The van der Waals surface area contributed by atoms with Crippen LogP contribution in [0, 0.1) is 0 Å². The minimum Gasteiger partial charge on any atom is -0.385 e. The zero-order valence-electron chi connectivity index (χ0n) is 10.0. The fraction of sp³-hybridized carbons (Fsp3) is 0.700. The van der Waals surface area contributed by atoms with E-state index in [1.54, 1.807) is 7.11 Å². The maximum atomic E-state index is 11.2. The van der Waals surface area contributed by atoms with Crippen molar-refractivity contribution in [2.75, 3.05) is 13.7 Å². The van der Waals surface area contributed by atoms with Crippen molar-refractivity contribution in [1.29, 1.82) is 0 Å². The van der Waals surface area contributed by atoms with E-state index in [4.69, 9.17) is 15.4 Å². The number of aryl methyl sites for hydroxylation is 2. The second kappa shape index (κ2) is 6.37. The molecule has 0 spiro atoms. The fourth-order valence-corrected chi connectivity index (χ4v) is 2.24. The molecule has 0 saturated carbocycles. The minimum absolute atomic E-state index is 0.0669. The standard InChI is InChI=1S/C10H17ClN2O3S/c1-3-9-12-10(17(11,14)15)8-13(9)6-4-5-7-16-2/h8H,3-7H2,1-2H3. The van der Waals surface area contributed by atoms with E-state index in [1.807, 2.05) is 11.5 Å². The van der Waals surface area contributed by atoms with E-state index in [-0.39, 0.29) is 5.03 Å². The summed E-state index contributed by atoms with van der Waals surface area (Å²) in [5, 5.41) is -0.0669. The van der Waals surface area contributed by atoms with Gasteiger partial charge in [0.15, 0.2) is 5.03 Å². The van der Waals surface area contributed by atoms with Crippen molar-refractivity contribution in [1.82, 2.24) is 9.55 Å². The maximum absolute atomic E-state index is 11.2. The van der Waals surface area contributed by atoms with Gasteiger partial charge in [0.25, 0.3) is 9.05 Å². The highest BCUT2D eigenvalue weighted by molar-refractivity contribution is 8.13. The van der Waals surface area contributed by atoms with Gasteiger partial charge < -0.3 is 9.30 Å². The Kier molecular flexibility index (Phi) is 5.42. The van der Waals surface area contributed by atoms with Crippen LogP contribution < -0.4 is 0 Å². The molecule has 0 bridgehead atoms. The van der Waals surface area contributed by atoms with Crippen LogP contribution in [0.2, 0.25) is 0 Å². The van der Waals surface area contributed by atoms with Crippen molar-refractivity contribution in [3.05, 3.63) is 12.0 Å². The number of methoxy groups -OCH3 is 1. The van der Waals surface area contributed by atoms with Gasteiger partial charge in [-0.15, -0.1) is 0 Å². The molecule has 0 aliphatic rings. The minimum atomic E-state index is -3.73. The molecule has 0 aromatic carbocycles. The second-order valence-electron chi connectivity index (χ2n) is 3.68. The Morgan fingerprint density at radius 2 is 2.18 bits per heavy atom. The van der Waals surface area contributed by atoms with Crippen LogP contribution in [0.25, 0.3) is 0 Å². The number of unbranched alkanes of at least 4 members (excludes halogenated alkanes) is 1. The van der Waals surface area contributed by atoms with Crippen LogP contribution >= 0.6 is 10.7 Å². The Labute approximate surface area is 106 Å². The van der Waals surface area contributed by atoms with Crippen molar-refractivity contribution in [3.63, 3.8) is 0 Å². The highest BCUT2D eigenvalue weighted by atomic mass is 35.7. The Bertz CT molecular complexity index is 456. The Balaban J connectivity index is 2.74. The smallest absolute Gasteiger partial charge is 0.280 e. The largest absolute Gasteiger partial charge is 0.385 e. The van der Waals surface area contributed by atoms with Gasteiger partial charge in [0.2, 0.25) is 0 Å². The predicted octanol–water partition coefficient (Wildman–Crippen LogP) is 1.80. The maximum Gasteiger partial charge on any atom is 0.280 e. The molecule has 1 aromatic heterocycles. The summed E-state index contributed by atoms with van der Waals surface area (Å²) in [6, 6.07) is 0. The highest BCUT2D eigenvalue weighted by Gasteiger charge is 2.16. The number of aromatic nitrogens is 2. The molecule has 0 saturated heterocycles. The number of rotatable bonds is 7. The molecule has 17 heavy (non-hydrogen) atoms. The lowest BCUT2D eigenvalue weighted by Crippen LogP contribution is -2.03. The van der Waals surface area contributed by atoms with E-state index < -0.39 is 9.05 Å². The molecule has 1 rings (SSSR count). The van der Waals surface area contributed by atoms with Crippen LogP contribution in [0.1, 0.15) is 25.6 Å². The molecule has 0 unspecified atom stereocenters. The number of hydrogen-bond acceptors (Lipinski definition) is 4. The highest BCUT2D eigenvalue weighted by Crippen LogP contribution is 2.15. The van der Waals surface area contributed by atoms with Crippen molar-refractivity contribution in [2.45, 2.75) is 37.8 Å². The molecule has 0 aliphatic heterocycles. The van der Waals surface area contributed by atoms with Crippen molar-refractivity contribution in [3.8, 4) is 0 Å². The summed E-state index contributed by atoms with van der Waals surface area (Å²) in [7, 11) is 3.19. The summed E-state index contributed by atoms with van der Waals surface area (Å²) < 4.78 is 29.1. The number of ether oxygens (including phenoxy) is 1.